The summed E-state index contributed by atoms with van der Waals surface area (Å²) < 4.78 is 12.7. The Balaban J connectivity index is 1.91. The highest BCUT2D eigenvalue weighted by atomic mass is 19.1. The molecule has 4 heteroatoms. The molecule has 0 spiro atoms. The SMILES string of the molecule is OC1(CNc2ccnc(F)c2)CCC1. The molecule has 2 rings (SSSR count). The fraction of sp³-hybridized carbons (Fsp3) is 0.500. The van der Waals surface area contributed by atoms with Crippen LogP contribution in [0.5, 0.6) is 0 Å². The highest BCUT2D eigenvalue weighted by Gasteiger charge is 2.33. The fourth-order valence-corrected chi connectivity index (χ4v) is 1.54. The molecule has 1 fully saturated rings. The topological polar surface area (TPSA) is 45.1 Å². The first-order valence-electron chi connectivity index (χ1n) is 4.76. The van der Waals surface area contributed by atoms with E-state index in [9.17, 15) is 9.50 Å². The van der Waals surface area contributed by atoms with Crippen molar-refractivity contribution in [3.05, 3.63) is 24.3 Å². The second kappa shape index (κ2) is 3.53. The zero-order valence-electron chi connectivity index (χ0n) is 7.83. The van der Waals surface area contributed by atoms with Gasteiger partial charge >= 0.3 is 0 Å². The molecule has 1 saturated carbocycles. The van der Waals surface area contributed by atoms with Crippen LogP contribution in [0.3, 0.4) is 0 Å². The molecule has 1 aromatic rings. The predicted octanol–water partition coefficient (Wildman–Crippen LogP) is 1.55. The van der Waals surface area contributed by atoms with Crippen molar-refractivity contribution in [2.75, 3.05) is 11.9 Å². The van der Waals surface area contributed by atoms with E-state index >= 15 is 0 Å². The second-order valence-electron chi connectivity index (χ2n) is 3.80. The summed E-state index contributed by atoms with van der Waals surface area (Å²) in [7, 11) is 0. The molecule has 0 saturated heterocycles. The summed E-state index contributed by atoms with van der Waals surface area (Å²) in [6.45, 7) is 0.483. The highest BCUT2D eigenvalue weighted by Crippen LogP contribution is 2.31. The molecule has 0 radical (unpaired) electrons. The molecular weight excluding hydrogens is 183 g/mol. The van der Waals surface area contributed by atoms with Crippen molar-refractivity contribution in [1.82, 2.24) is 4.98 Å². The van der Waals surface area contributed by atoms with Gasteiger partial charge in [-0.2, -0.15) is 4.39 Å². The lowest BCUT2D eigenvalue weighted by atomic mass is 9.80. The molecule has 0 bridgehead atoms. The summed E-state index contributed by atoms with van der Waals surface area (Å²) in [6.07, 6.45) is 4.13. The van der Waals surface area contributed by atoms with Gasteiger partial charge in [0, 0.05) is 24.5 Å². The third kappa shape index (κ3) is 2.01. The van der Waals surface area contributed by atoms with Gasteiger partial charge in [-0.3, -0.25) is 0 Å². The van der Waals surface area contributed by atoms with Crippen LogP contribution in [0.25, 0.3) is 0 Å². The maximum atomic E-state index is 12.7. The van der Waals surface area contributed by atoms with E-state index in [1.807, 2.05) is 0 Å². The number of anilines is 1. The molecule has 1 aliphatic carbocycles. The van der Waals surface area contributed by atoms with Crippen molar-refractivity contribution in [1.29, 1.82) is 0 Å². The molecule has 1 heterocycles. The van der Waals surface area contributed by atoms with E-state index < -0.39 is 11.5 Å². The normalized spacial score (nSPS) is 18.7. The number of hydrogen-bond donors (Lipinski definition) is 2. The van der Waals surface area contributed by atoms with Crippen molar-refractivity contribution >= 4 is 5.69 Å². The van der Waals surface area contributed by atoms with E-state index in [1.54, 1.807) is 6.07 Å². The Morgan fingerprint density at radius 1 is 1.57 bits per heavy atom. The Hall–Kier alpha value is -1.16. The summed E-state index contributed by atoms with van der Waals surface area (Å²) >= 11 is 0. The summed E-state index contributed by atoms with van der Waals surface area (Å²) in [6, 6.07) is 3.01. The van der Waals surface area contributed by atoms with Crippen LogP contribution in [0.4, 0.5) is 10.1 Å². The van der Waals surface area contributed by atoms with Gasteiger partial charge in [0.05, 0.1) is 5.60 Å². The Morgan fingerprint density at radius 3 is 2.93 bits per heavy atom. The van der Waals surface area contributed by atoms with Gasteiger partial charge < -0.3 is 10.4 Å². The zero-order valence-corrected chi connectivity index (χ0v) is 7.83. The molecule has 0 aliphatic heterocycles. The summed E-state index contributed by atoms with van der Waals surface area (Å²) in [4.78, 5) is 3.45. The van der Waals surface area contributed by atoms with Crippen LogP contribution in [0, 0.1) is 5.95 Å². The second-order valence-corrected chi connectivity index (χ2v) is 3.80. The van der Waals surface area contributed by atoms with Gasteiger partial charge in [-0.1, -0.05) is 0 Å². The van der Waals surface area contributed by atoms with E-state index in [1.165, 1.54) is 12.3 Å². The van der Waals surface area contributed by atoms with Crippen LogP contribution in [0.2, 0.25) is 0 Å². The van der Waals surface area contributed by atoms with E-state index in [0.717, 1.165) is 19.3 Å². The molecule has 0 unspecified atom stereocenters. The van der Waals surface area contributed by atoms with Gasteiger partial charge in [0.1, 0.15) is 0 Å². The smallest absolute Gasteiger partial charge is 0.214 e. The standard InChI is InChI=1S/C10H13FN2O/c11-9-6-8(2-5-12-9)13-7-10(14)3-1-4-10/h2,5-6,14H,1,3-4,7H2,(H,12,13). The number of hydrogen-bond acceptors (Lipinski definition) is 3. The lowest BCUT2D eigenvalue weighted by molar-refractivity contribution is -0.0202. The molecule has 2 N–H and O–H groups in total. The molecule has 1 aliphatic rings. The minimum Gasteiger partial charge on any atom is -0.388 e. The zero-order chi connectivity index (χ0) is 10.0. The van der Waals surface area contributed by atoms with Crippen molar-refractivity contribution < 1.29 is 9.50 Å². The molecular formula is C10H13FN2O. The number of aliphatic hydroxyl groups is 1. The number of halogens is 1. The van der Waals surface area contributed by atoms with E-state index in [4.69, 9.17) is 0 Å². The van der Waals surface area contributed by atoms with Crippen LogP contribution in [-0.4, -0.2) is 22.2 Å². The lowest BCUT2D eigenvalue weighted by Crippen LogP contribution is -2.43. The number of rotatable bonds is 3. The number of aromatic nitrogens is 1. The van der Waals surface area contributed by atoms with Gasteiger partial charge in [-0.05, 0) is 25.3 Å². The van der Waals surface area contributed by atoms with E-state index in [-0.39, 0.29) is 0 Å². The lowest BCUT2D eigenvalue weighted by Gasteiger charge is -2.36. The van der Waals surface area contributed by atoms with Gasteiger partial charge in [-0.25, -0.2) is 4.98 Å². The highest BCUT2D eigenvalue weighted by molar-refractivity contribution is 5.41. The Bertz CT molecular complexity index is 326. The van der Waals surface area contributed by atoms with E-state index in [2.05, 4.69) is 10.3 Å². The summed E-state index contributed by atoms with van der Waals surface area (Å²) in [5, 5.41) is 12.8. The molecule has 0 aromatic carbocycles. The number of pyridine rings is 1. The van der Waals surface area contributed by atoms with Gasteiger partial charge in [0.15, 0.2) is 0 Å². The van der Waals surface area contributed by atoms with Gasteiger partial charge in [0.2, 0.25) is 5.95 Å². The van der Waals surface area contributed by atoms with Crippen LogP contribution in [0.1, 0.15) is 19.3 Å². The molecule has 0 atom stereocenters. The quantitative estimate of drug-likeness (QED) is 0.721. The molecule has 76 valence electrons. The Morgan fingerprint density at radius 2 is 2.36 bits per heavy atom. The largest absolute Gasteiger partial charge is 0.388 e. The minimum atomic E-state index is -0.584. The predicted molar refractivity (Wildman–Crippen MR) is 51.5 cm³/mol. The van der Waals surface area contributed by atoms with Crippen LogP contribution in [-0.2, 0) is 0 Å². The van der Waals surface area contributed by atoms with Gasteiger partial charge in [-0.15, -0.1) is 0 Å². The average molecular weight is 196 g/mol. The Labute approximate surface area is 82.0 Å². The maximum absolute atomic E-state index is 12.7. The van der Waals surface area contributed by atoms with Crippen molar-refractivity contribution in [2.24, 2.45) is 0 Å². The first kappa shape index (κ1) is 9.40. The molecule has 14 heavy (non-hydrogen) atoms. The van der Waals surface area contributed by atoms with Crippen LogP contribution >= 0.6 is 0 Å². The van der Waals surface area contributed by atoms with Crippen LogP contribution < -0.4 is 5.32 Å². The molecule has 0 amide bonds. The maximum Gasteiger partial charge on any atom is 0.214 e. The first-order valence-corrected chi connectivity index (χ1v) is 4.76. The molecule has 3 nitrogen and oxygen atoms in total. The average Bonchev–Trinajstić information content (AvgIpc) is 2.12. The first-order chi connectivity index (χ1) is 6.68. The monoisotopic (exact) mass is 196 g/mol. The summed E-state index contributed by atoms with van der Waals surface area (Å²) in [5.41, 5.74) is 0.0811. The van der Waals surface area contributed by atoms with E-state index in [0.29, 0.717) is 12.2 Å². The van der Waals surface area contributed by atoms with Crippen molar-refractivity contribution in [2.45, 2.75) is 24.9 Å². The third-order valence-corrected chi connectivity index (χ3v) is 2.63. The summed E-state index contributed by atoms with van der Waals surface area (Å²) in [5.74, 6) is -0.504. The minimum absolute atomic E-state index is 0.483. The van der Waals surface area contributed by atoms with Crippen LogP contribution in [0.15, 0.2) is 18.3 Å². The number of nitrogens with zero attached hydrogens (tertiary/aromatic N) is 1. The molecule has 1 aromatic heterocycles. The van der Waals surface area contributed by atoms with Crippen molar-refractivity contribution in [3.8, 4) is 0 Å². The fourth-order valence-electron chi connectivity index (χ4n) is 1.54. The number of nitrogens with one attached hydrogen (secondary N) is 1. The van der Waals surface area contributed by atoms with Crippen molar-refractivity contribution in [3.63, 3.8) is 0 Å². The Kier molecular flexibility index (Phi) is 2.37. The third-order valence-electron chi connectivity index (χ3n) is 2.63. The van der Waals surface area contributed by atoms with Gasteiger partial charge in [0.25, 0.3) is 0 Å².